The number of amides is 2. The Morgan fingerprint density at radius 3 is 2.50 bits per heavy atom. The van der Waals surface area contributed by atoms with Gasteiger partial charge < -0.3 is 15.1 Å². The van der Waals surface area contributed by atoms with E-state index < -0.39 is 0 Å². The Kier molecular flexibility index (Phi) is 5.69. The van der Waals surface area contributed by atoms with E-state index in [1.807, 2.05) is 31.0 Å². The van der Waals surface area contributed by atoms with Gasteiger partial charge in [-0.05, 0) is 48.6 Å². The molecule has 0 radical (unpaired) electrons. The second kappa shape index (κ2) is 8.26. The number of hydrogen-bond acceptors (Lipinski definition) is 4. The van der Waals surface area contributed by atoms with Gasteiger partial charge in [0.2, 0.25) is 5.91 Å². The summed E-state index contributed by atoms with van der Waals surface area (Å²) in [7, 11) is 0. The first-order valence-corrected chi connectivity index (χ1v) is 10.8. The lowest BCUT2D eigenvalue weighted by molar-refractivity contribution is -0.120. The highest BCUT2D eigenvalue weighted by Crippen LogP contribution is 2.32. The van der Waals surface area contributed by atoms with Crippen LogP contribution in [0, 0.1) is 19.8 Å². The van der Waals surface area contributed by atoms with Crippen molar-refractivity contribution in [2.45, 2.75) is 26.7 Å². The molecule has 2 aliphatic rings. The van der Waals surface area contributed by atoms with E-state index in [4.69, 9.17) is 11.6 Å². The molecule has 30 heavy (non-hydrogen) atoms. The summed E-state index contributed by atoms with van der Waals surface area (Å²) in [5.74, 6) is 0.944. The second-order valence-electron chi connectivity index (χ2n) is 8.37. The fourth-order valence-corrected chi connectivity index (χ4v) is 4.73. The van der Waals surface area contributed by atoms with Crippen LogP contribution in [0.1, 0.15) is 39.9 Å². The summed E-state index contributed by atoms with van der Waals surface area (Å²) in [6, 6.07) is 7.53. The van der Waals surface area contributed by atoms with Crippen molar-refractivity contribution in [3.63, 3.8) is 0 Å². The van der Waals surface area contributed by atoms with Gasteiger partial charge in [-0.2, -0.15) is 0 Å². The zero-order valence-corrected chi connectivity index (χ0v) is 18.4. The number of aryl methyl sites for hydroxylation is 2. The summed E-state index contributed by atoms with van der Waals surface area (Å²) in [4.78, 5) is 33.8. The lowest BCUT2D eigenvalue weighted by Gasteiger charge is -2.36. The number of carbonyl (C=O) groups is 2. The first-order valence-electron chi connectivity index (χ1n) is 10.4. The minimum atomic E-state index is -0.208. The number of piperazine rings is 1. The lowest BCUT2D eigenvalue weighted by Crippen LogP contribution is -2.49. The molecular weight excluding hydrogens is 400 g/mol. The number of nitrogens with one attached hydrogen (secondary N) is 1. The molecule has 0 saturated carbocycles. The van der Waals surface area contributed by atoms with Crippen LogP contribution in [-0.2, 0) is 4.79 Å². The number of rotatable bonds is 3. The maximum Gasteiger partial charge on any atom is 0.255 e. The van der Waals surface area contributed by atoms with Crippen LogP contribution >= 0.6 is 11.6 Å². The molecule has 0 spiro atoms. The highest BCUT2D eigenvalue weighted by atomic mass is 35.5. The smallest absolute Gasteiger partial charge is 0.255 e. The number of pyridine rings is 1. The van der Waals surface area contributed by atoms with Gasteiger partial charge in [0, 0.05) is 38.9 Å². The zero-order chi connectivity index (χ0) is 21.4. The molecule has 2 amide bonds. The second-order valence-corrected chi connectivity index (χ2v) is 8.78. The van der Waals surface area contributed by atoms with E-state index in [2.05, 4.69) is 28.2 Å². The third-order valence-corrected chi connectivity index (χ3v) is 6.40. The van der Waals surface area contributed by atoms with Crippen LogP contribution in [0.4, 0.5) is 5.82 Å². The lowest BCUT2D eigenvalue weighted by atomic mass is 9.89. The summed E-state index contributed by atoms with van der Waals surface area (Å²) in [5, 5.41) is 3.29. The fraction of sp³-hybridized carbons (Fsp3) is 0.435. The summed E-state index contributed by atoms with van der Waals surface area (Å²) in [5.41, 5.74) is 3.65. The van der Waals surface area contributed by atoms with Crippen molar-refractivity contribution in [2.75, 3.05) is 37.6 Å². The van der Waals surface area contributed by atoms with Crippen molar-refractivity contribution in [3.8, 4) is 0 Å². The minimum Gasteiger partial charge on any atom is -0.355 e. The molecule has 1 N–H and O–H groups in total. The van der Waals surface area contributed by atoms with Crippen LogP contribution in [0.3, 0.4) is 0 Å². The van der Waals surface area contributed by atoms with Crippen molar-refractivity contribution in [3.05, 3.63) is 57.7 Å². The molecule has 0 aliphatic carbocycles. The first kappa shape index (κ1) is 20.7. The van der Waals surface area contributed by atoms with Gasteiger partial charge in [-0.25, -0.2) is 4.98 Å². The van der Waals surface area contributed by atoms with Gasteiger partial charge in [0.25, 0.3) is 5.91 Å². The largest absolute Gasteiger partial charge is 0.355 e. The Bertz CT molecular complexity index is 985. The standard InChI is InChI=1S/C23H27ClN4O2/c1-14-10-15(2)21(25-12-14)27-6-8-28(9-7-27)23(30)18-5-4-17(11-19(18)24)20-16(3)13-26-22(20)29/h4-5,10-12,16,20H,6-9,13H2,1-3H3,(H,26,29)/t16?,20-/m1/s1. The molecule has 2 fully saturated rings. The first-order chi connectivity index (χ1) is 14.3. The van der Waals surface area contributed by atoms with Crippen molar-refractivity contribution >= 4 is 29.2 Å². The summed E-state index contributed by atoms with van der Waals surface area (Å²) in [6.07, 6.45) is 1.88. The predicted octanol–water partition coefficient (Wildman–Crippen LogP) is 3.16. The van der Waals surface area contributed by atoms with Gasteiger partial charge in [0.1, 0.15) is 5.82 Å². The third kappa shape index (κ3) is 3.88. The van der Waals surface area contributed by atoms with Gasteiger partial charge in [-0.1, -0.05) is 30.7 Å². The average molecular weight is 427 g/mol. The van der Waals surface area contributed by atoms with E-state index in [-0.39, 0.29) is 23.7 Å². The van der Waals surface area contributed by atoms with Crippen molar-refractivity contribution in [2.24, 2.45) is 5.92 Å². The topological polar surface area (TPSA) is 65.5 Å². The van der Waals surface area contributed by atoms with E-state index in [9.17, 15) is 9.59 Å². The van der Waals surface area contributed by atoms with E-state index >= 15 is 0 Å². The maximum atomic E-state index is 13.1. The Morgan fingerprint density at radius 2 is 1.90 bits per heavy atom. The fourth-order valence-electron chi connectivity index (χ4n) is 4.46. The molecule has 2 atom stereocenters. The summed E-state index contributed by atoms with van der Waals surface area (Å²) < 4.78 is 0. The van der Waals surface area contributed by atoms with Gasteiger partial charge in [-0.15, -0.1) is 0 Å². The highest BCUT2D eigenvalue weighted by molar-refractivity contribution is 6.34. The number of benzene rings is 1. The minimum absolute atomic E-state index is 0.0220. The molecule has 7 heteroatoms. The molecule has 3 heterocycles. The highest BCUT2D eigenvalue weighted by Gasteiger charge is 2.33. The van der Waals surface area contributed by atoms with Gasteiger partial charge >= 0.3 is 0 Å². The molecule has 1 unspecified atom stereocenters. The molecule has 2 aliphatic heterocycles. The monoisotopic (exact) mass is 426 g/mol. The van der Waals surface area contributed by atoms with Gasteiger partial charge in [0.05, 0.1) is 16.5 Å². The van der Waals surface area contributed by atoms with Gasteiger partial charge in [-0.3, -0.25) is 9.59 Å². The van der Waals surface area contributed by atoms with E-state index in [0.29, 0.717) is 30.2 Å². The molecule has 1 aromatic heterocycles. The Labute approximate surface area is 182 Å². The summed E-state index contributed by atoms with van der Waals surface area (Å²) >= 11 is 6.48. The number of anilines is 1. The Balaban J connectivity index is 1.45. The SMILES string of the molecule is Cc1cnc(N2CCN(C(=O)c3ccc([C@@H]4C(=O)NCC4C)cc3Cl)CC2)c(C)c1. The van der Waals surface area contributed by atoms with Crippen LogP contribution < -0.4 is 10.2 Å². The maximum absolute atomic E-state index is 13.1. The van der Waals surface area contributed by atoms with E-state index in [0.717, 1.165) is 35.6 Å². The molecular formula is C23H27ClN4O2. The molecule has 2 saturated heterocycles. The predicted molar refractivity (Wildman–Crippen MR) is 118 cm³/mol. The molecule has 4 rings (SSSR count). The number of hydrogen-bond donors (Lipinski definition) is 1. The van der Waals surface area contributed by atoms with Crippen LogP contribution in [0.2, 0.25) is 5.02 Å². The normalized spacial score (nSPS) is 21.7. The quantitative estimate of drug-likeness (QED) is 0.818. The number of nitrogens with zero attached hydrogens (tertiary/aromatic N) is 3. The Morgan fingerprint density at radius 1 is 1.17 bits per heavy atom. The number of carbonyl (C=O) groups excluding carboxylic acids is 2. The van der Waals surface area contributed by atoms with Crippen LogP contribution in [0.25, 0.3) is 0 Å². The van der Waals surface area contributed by atoms with Crippen molar-refractivity contribution in [1.29, 1.82) is 0 Å². The van der Waals surface area contributed by atoms with Gasteiger partial charge in [0.15, 0.2) is 0 Å². The van der Waals surface area contributed by atoms with E-state index in [1.165, 1.54) is 0 Å². The van der Waals surface area contributed by atoms with E-state index in [1.54, 1.807) is 12.1 Å². The molecule has 2 aromatic rings. The number of halogens is 1. The number of aromatic nitrogens is 1. The van der Waals surface area contributed by atoms with Crippen LogP contribution in [0.15, 0.2) is 30.5 Å². The van der Waals surface area contributed by atoms with Crippen molar-refractivity contribution in [1.82, 2.24) is 15.2 Å². The molecule has 0 bridgehead atoms. The zero-order valence-electron chi connectivity index (χ0n) is 17.6. The molecule has 158 valence electrons. The van der Waals surface area contributed by atoms with Crippen molar-refractivity contribution < 1.29 is 9.59 Å². The molecule has 6 nitrogen and oxygen atoms in total. The molecule has 1 aromatic carbocycles. The average Bonchev–Trinajstić information content (AvgIpc) is 3.06. The summed E-state index contributed by atoms with van der Waals surface area (Å²) in [6.45, 7) is 9.52. The van der Waals surface area contributed by atoms with Crippen LogP contribution in [-0.4, -0.2) is 54.4 Å². The van der Waals surface area contributed by atoms with Crippen LogP contribution in [0.5, 0.6) is 0 Å². The Hall–Kier alpha value is -2.60. The third-order valence-electron chi connectivity index (χ3n) is 6.09.